The number of rotatable bonds is 8. The zero-order chi connectivity index (χ0) is 26.9. The number of carbonyl (C=O) groups is 1. The van der Waals surface area contributed by atoms with Gasteiger partial charge in [-0.05, 0) is 58.9 Å². The standard InChI is InChI=1S/C25H35F3N8O2/c1-16-21(15-36(33-16)19-12-17-6-7-18(13-19)34(17)2)31-23-30-14-20(25(26,27)28)22(32-23)29-8-5-10-35-9-3-4-11-38-24(35)37/h14-15,17-19H,3-13H2,1-2H3,(H2,29,30,31,32). The molecule has 0 spiro atoms. The molecule has 3 aliphatic heterocycles. The molecule has 2 atom stereocenters. The second-order valence-corrected chi connectivity index (χ2v) is 10.5. The lowest BCUT2D eigenvalue weighted by molar-refractivity contribution is -0.137. The molecule has 0 saturated carbocycles. The van der Waals surface area contributed by atoms with Gasteiger partial charge in [0.15, 0.2) is 0 Å². The topological polar surface area (TPSA) is 100 Å². The number of fused-ring (bicyclic) bond motifs is 2. The normalized spacial score (nSPS) is 24.3. The van der Waals surface area contributed by atoms with Gasteiger partial charge in [0.05, 0.1) is 24.0 Å². The Hall–Kier alpha value is -3.09. The van der Waals surface area contributed by atoms with E-state index in [2.05, 4.69) is 32.5 Å². The largest absolute Gasteiger partial charge is 0.449 e. The van der Waals surface area contributed by atoms with Gasteiger partial charge >= 0.3 is 12.3 Å². The van der Waals surface area contributed by atoms with Crippen molar-refractivity contribution in [2.75, 3.05) is 43.9 Å². The van der Waals surface area contributed by atoms with Crippen molar-refractivity contribution in [3.8, 4) is 0 Å². The fourth-order valence-corrected chi connectivity index (χ4v) is 5.72. The maximum Gasteiger partial charge on any atom is 0.421 e. The summed E-state index contributed by atoms with van der Waals surface area (Å²) in [5.74, 6) is -0.243. The first-order valence-electron chi connectivity index (χ1n) is 13.3. The van der Waals surface area contributed by atoms with Crippen LogP contribution in [-0.4, -0.2) is 81.0 Å². The van der Waals surface area contributed by atoms with Crippen LogP contribution in [0.15, 0.2) is 12.4 Å². The van der Waals surface area contributed by atoms with E-state index in [0.717, 1.165) is 37.6 Å². The molecule has 1 amide bonds. The average molecular weight is 537 g/mol. The number of cyclic esters (lactones) is 1. The van der Waals surface area contributed by atoms with Crippen LogP contribution < -0.4 is 10.6 Å². The molecule has 5 rings (SSSR count). The van der Waals surface area contributed by atoms with Crippen LogP contribution in [0.4, 0.5) is 35.4 Å². The second kappa shape index (κ2) is 11.0. The Kier molecular flexibility index (Phi) is 7.64. The number of aromatic nitrogens is 4. The smallest absolute Gasteiger partial charge is 0.421 e. The van der Waals surface area contributed by atoms with Crippen LogP contribution in [-0.2, 0) is 10.9 Å². The summed E-state index contributed by atoms with van der Waals surface area (Å²) in [6, 6.07) is 1.43. The third-order valence-corrected chi connectivity index (χ3v) is 7.91. The van der Waals surface area contributed by atoms with Crippen LogP contribution in [0.3, 0.4) is 0 Å². The fraction of sp³-hybridized carbons (Fsp3) is 0.680. The quantitative estimate of drug-likeness (QED) is 0.473. The highest BCUT2D eigenvalue weighted by Gasteiger charge is 2.39. The fourth-order valence-electron chi connectivity index (χ4n) is 5.72. The van der Waals surface area contributed by atoms with Gasteiger partial charge in [0, 0.05) is 44.1 Å². The molecule has 13 heteroatoms. The maximum absolute atomic E-state index is 13.6. The van der Waals surface area contributed by atoms with Crippen LogP contribution in [0.25, 0.3) is 0 Å². The van der Waals surface area contributed by atoms with Gasteiger partial charge in [-0.1, -0.05) is 0 Å². The first kappa shape index (κ1) is 26.5. The van der Waals surface area contributed by atoms with Gasteiger partial charge in [0.1, 0.15) is 11.4 Å². The number of anilines is 3. The predicted molar refractivity (Wildman–Crippen MR) is 135 cm³/mol. The predicted octanol–water partition coefficient (Wildman–Crippen LogP) is 4.58. The van der Waals surface area contributed by atoms with E-state index in [9.17, 15) is 18.0 Å². The van der Waals surface area contributed by atoms with Crippen molar-refractivity contribution >= 4 is 23.5 Å². The number of halogens is 3. The van der Waals surface area contributed by atoms with Crippen LogP contribution in [0.5, 0.6) is 0 Å². The lowest BCUT2D eigenvalue weighted by Crippen LogP contribution is -2.40. The molecule has 3 fully saturated rings. The second-order valence-electron chi connectivity index (χ2n) is 10.5. The van der Waals surface area contributed by atoms with E-state index in [-0.39, 0.29) is 24.4 Å². The number of ether oxygens (including phenoxy) is 1. The molecule has 2 bridgehead atoms. The molecule has 5 heterocycles. The first-order valence-corrected chi connectivity index (χ1v) is 13.3. The van der Waals surface area contributed by atoms with Crippen molar-refractivity contribution in [1.82, 2.24) is 29.5 Å². The number of alkyl halides is 3. The Labute approximate surface area is 219 Å². The molecule has 2 unspecified atom stereocenters. The maximum atomic E-state index is 13.6. The summed E-state index contributed by atoms with van der Waals surface area (Å²) in [7, 11) is 2.19. The van der Waals surface area contributed by atoms with Crippen LogP contribution in [0.1, 0.15) is 62.2 Å². The number of aryl methyl sites for hydroxylation is 1. The summed E-state index contributed by atoms with van der Waals surface area (Å²) >= 11 is 0. The van der Waals surface area contributed by atoms with E-state index in [1.54, 1.807) is 4.90 Å². The van der Waals surface area contributed by atoms with Crippen molar-refractivity contribution in [3.63, 3.8) is 0 Å². The molecule has 3 saturated heterocycles. The van der Waals surface area contributed by atoms with Gasteiger partial charge in [0.2, 0.25) is 5.95 Å². The SMILES string of the molecule is Cc1nn(C2CC3CCC(C2)N3C)cc1Nc1ncc(C(F)(F)F)c(NCCCN2CCCCOC2=O)n1. The lowest BCUT2D eigenvalue weighted by Gasteiger charge is -2.36. The molecule has 2 aromatic rings. The van der Waals surface area contributed by atoms with Gasteiger partial charge in [0.25, 0.3) is 0 Å². The third kappa shape index (κ3) is 5.82. The van der Waals surface area contributed by atoms with E-state index < -0.39 is 11.7 Å². The molecule has 3 aliphatic rings. The minimum Gasteiger partial charge on any atom is -0.449 e. The van der Waals surface area contributed by atoms with Crippen LogP contribution >= 0.6 is 0 Å². The van der Waals surface area contributed by atoms with Crippen LogP contribution in [0.2, 0.25) is 0 Å². The summed E-state index contributed by atoms with van der Waals surface area (Å²) in [6.45, 7) is 3.44. The van der Waals surface area contributed by atoms with Crippen molar-refractivity contribution < 1.29 is 22.7 Å². The van der Waals surface area contributed by atoms with E-state index in [4.69, 9.17) is 9.84 Å². The monoisotopic (exact) mass is 536 g/mol. The average Bonchev–Trinajstić information content (AvgIpc) is 3.20. The van der Waals surface area contributed by atoms with Crippen LogP contribution in [0, 0.1) is 6.92 Å². The molecule has 0 radical (unpaired) electrons. The number of nitrogens with one attached hydrogen (secondary N) is 2. The van der Waals surface area contributed by atoms with Crippen molar-refractivity contribution in [1.29, 1.82) is 0 Å². The Morgan fingerprint density at radius 3 is 2.66 bits per heavy atom. The third-order valence-electron chi connectivity index (χ3n) is 7.91. The molecular weight excluding hydrogens is 501 g/mol. The Morgan fingerprint density at radius 2 is 1.92 bits per heavy atom. The van der Waals surface area contributed by atoms with Crippen molar-refractivity contribution in [3.05, 3.63) is 23.7 Å². The number of hydrogen-bond acceptors (Lipinski definition) is 8. The molecule has 0 aromatic carbocycles. The summed E-state index contributed by atoms with van der Waals surface area (Å²) in [5, 5.41) is 10.5. The molecular formula is C25H35F3N8O2. The number of carbonyl (C=O) groups excluding carboxylic acids is 1. The molecule has 10 nitrogen and oxygen atoms in total. The number of amides is 1. The highest BCUT2D eigenvalue weighted by atomic mass is 19.4. The van der Waals surface area contributed by atoms with Gasteiger partial charge in [-0.15, -0.1) is 0 Å². The van der Waals surface area contributed by atoms with Crippen molar-refractivity contribution in [2.45, 2.75) is 76.2 Å². The van der Waals surface area contributed by atoms with E-state index in [1.807, 2.05) is 17.8 Å². The molecule has 0 aliphatic carbocycles. The lowest BCUT2D eigenvalue weighted by atomic mass is 9.98. The van der Waals surface area contributed by atoms with Gasteiger partial charge in [-0.25, -0.2) is 9.78 Å². The Balaban J connectivity index is 1.25. The first-order chi connectivity index (χ1) is 18.2. The highest BCUT2D eigenvalue weighted by molar-refractivity contribution is 5.67. The molecule has 38 heavy (non-hydrogen) atoms. The highest BCUT2D eigenvalue weighted by Crippen LogP contribution is 2.40. The van der Waals surface area contributed by atoms with Gasteiger partial charge < -0.3 is 25.2 Å². The number of piperidine rings is 1. The molecule has 2 aromatic heterocycles. The molecule has 208 valence electrons. The van der Waals surface area contributed by atoms with Crippen molar-refractivity contribution in [2.24, 2.45) is 0 Å². The summed E-state index contributed by atoms with van der Waals surface area (Å²) in [5.41, 5.74) is 0.465. The van der Waals surface area contributed by atoms with Gasteiger partial charge in [-0.3, -0.25) is 4.68 Å². The molecule has 2 N–H and O–H groups in total. The van der Waals surface area contributed by atoms with E-state index in [1.165, 1.54) is 12.8 Å². The summed E-state index contributed by atoms with van der Waals surface area (Å²) in [4.78, 5) is 24.1. The number of hydrogen-bond donors (Lipinski definition) is 2. The van der Waals surface area contributed by atoms with Gasteiger partial charge in [-0.2, -0.15) is 23.3 Å². The Bertz CT molecular complexity index is 1130. The van der Waals surface area contributed by atoms with E-state index >= 15 is 0 Å². The minimum absolute atomic E-state index is 0.0580. The zero-order valence-electron chi connectivity index (χ0n) is 21.8. The summed E-state index contributed by atoms with van der Waals surface area (Å²) < 4.78 is 48.0. The Morgan fingerprint density at radius 1 is 1.16 bits per heavy atom. The zero-order valence-corrected chi connectivity index (χ0v) is 21.8. The minimum atomic E-state index is -4.61. The number of nitrogens with zero attached hydrogens (tertiary/aromatic N) is 6. The van der Waals surface area contributed by atoms with E-state index in [0.29, 0.717) is 49.9 Å². The summed E-state index contributed by atoms with van der Waals surface area (Å²) in [6.07, 6.45) is 4.29.